The van der Waals surface area contributed by atoms with E-state index < -0.39 is 0 Å². The predicted octanol–water partition coefficient (Wildman–Crippen LogP) is 3.75. The molecule has 6 nitrogen and oxygen atoms in total. The van der Waals surface area contributed by atoms with Gasteiger partial charge in [0.1, 0.15) is 5.75 Å². The van der Waals surface area contributed by atoms with Crippen molar-refractivity contribution in [2.24, 2.45) is 4.99 Å². The molecule has 0 radical (unpaired) electrons. The molecule has 0 saturated carbocycles. The lowest BCUT2D eigenvalue weighted by Gasteiger charge is -2.20. The molecule has 30 heavy (non-hydrogen) atoms. The maximum absolute atomic E-state index is 12.3. The molecule has 0 bridgehead atoms. The first-order chi connectivity index (χ1) is 13.8. The molecule has 0 aliphatic heterocycles. The Morgan fingerprint density at radius 2 is 1.73 bits per heavy atom. The second-order valence-electron chi connectivity index (χ2n) is 7.86. The molecule has 7 heteroatoms. The molecule has 3 N–H and O–H groups in total. The Balaban J connectivity index is 0.00000450. The fraction of sp³-hybridized carbons (Fsp3) is 0.391. The number of amides is 1. The molecule has 2 aromatic rings. The number of rotatable bonds is 7. The van der Waals surface area contributed by atoms with Crippen molar-refractivity contribution in [2.45, 2.75) is 39.3 Å². The number of nitrogens with zero attached hydrogens (tertiary/aromatic N) is 1. The van der Waals surface area contributed by atoms with Gasteiger partial charge in [0.25, 0.3) is 5.91 Å². The molecular formula is C23H33IN4O2. The molecule has 0 aliphatic rings. The smallest absolute Gasteiger partial charge is 0.251 e. The van der Waals surface area contributed by atoms with Crippen LogP contribution in [-0.4, -0.2) is 38.1 Å². The molecule has 2 rings (SSSR count). The van der Waals surface area contributed by atoms with Gasteiger partial charge >= 0.3 is 0 Å². The molecule has 0 spiro atoms. The highest BCUT2D eigenvalue weighted by atomic mass is 127. The van der Waals surface area contributed by atoms with Crippen molar-refractivity contribution in [1.29, 1.82) is 0 Å². The molecule has 0 aromatic heterocycles. The van der Waals surface area contributed by atoms with Crippen LogP contribution in [0, 0.1) is 0 Å². The summed E-state index contributed by atoms with van der Waals surface area (Å²) in [5.74, 6) is 1.52. The SMILES string of the molecule is CN=C(NCCc1ccc(OC)cc1)NCc1cccc(C(=O)NC(C)(C)C)c1.I. The van der Waals surface area contributed by atoms with Crippen LogP contribution in [0.5, 0.6) is 5.75 Å². The van der Waals surface area contributed by atoms with E-state index in [9.17, 15) is 4.79 Å². The number of halogens is 1. The van der Waals surface area contributed by atoms with Crippen LogP contribution in [0.1, 0.15) is 42.3 Å². The maximum Gasteiger partial charge on any atom is 0.251 e. The van der Waals surface area contributed by atoms with Crippen molar-refractivity contribution < 1.29 is 9.53 Å². The Labute approximate surface area is 196 Å². The predicted molar refractivity (Wildman–Crippen MR) is 134 cm³/mol. The lowest BCUT2D eigenvalue weighted by molar-refractivity contribution is 0.0919. The van der Waals surface area contributed by atoms with Crippen LogP contribution in [0.15, 0.2) is 53.5 Å². The normalized spacial score (nSPS) is 11.3. The monoisotopic (exact) mass is 524 g/mol. The first-order valence-electron chi connectivity index (χ1n) is 9.79. The summed E-state index contributed by atoms with van der Waals surface area (Å²) < 4.78 is 5.18. The number of aliphatic imine (C=N–C) groups is 1. The van der Waals surface area contributed by atoms with E-state index in [1.165, 1.54) is 5.56 Å². The van der Waals surface area contributed by atoms with Gasteiger partial charge in [0.05, 0.1) is 7.11 Å². The number of benzene rings is 2. The Morgan fingerprint density at radius 1 is 1.03 bits per heavy atom. The molecule has 2 aromatic carbocycles. The summed E-state index contributed by atoms with van der Waals surface area (Å²) in [6.45, 7) is 7.26. The second kappa shape index (κ2) is 12.4. The standard InChI is InChI=1S/C23H32N4O2.HI/c1-23(2,3)27-21(28)19-8-6-7-18(15-19)16-26-22(24-4)25-14-13-17-9-11-20(29-5)12-10-17;/h6-12,15H,13-14,16H2,1-5H3,(H,27,28)(H2,24,25,26);1H. The van der Waals surface area contributed by atoms with Crippen molar-refractivity contribution in [3.8, 4) is 5.75 Å². The van der Waals surface area contributed by atoms with Gasteiger partial charge in [0, 0.05) is 31.2 Å². The number of guanidine groups is 1. The van der Waals surface area contributed by atoms with E-state index in [4.69, 9.17) is 4.74 Å². The topological polar surface area (TPSA) is 74.8 Å². The van der Waals surface area contributed by atoms with Crippen molar-refractivity contribution in [2.75, 3.05) is 20.7 Å². The molecule has 0 saturated heterocycles. The van der Waals surface area contributed by atoms with Crippen LogP contribution in [0.4, 0.5) is 0 Å². The van der Waals surface area contributed by atoms with E-state index in [0.29, 0.717) is 12.1 Å². The van der Waals surface area contributed by atoms with Gasteiger partial charge in [-0.15, -0.1) is 24.0 Å². The number of hydrogen-bond donors (Lipinski definition) is 3. The summed E-state index contributed by atoms with van der Waals surface area (Å²) in [5.41, 5.74) is 2.64. The molecule has 0 atom stereocenters. The molecule has 0 unspecified atom stereocenters. The quantitative estimate of drug-likeness (QED) is 0.293. The summed E-state index contributed by atoms with van der Waals surface area (Å²) in [4.78, 5) is 16.6. The lowest BCUT2D eigenvalue weighted by atomic mass is 10.1. The van der Waals surface area contributed by atoms with Crippen molar-refractivity contribution in [3.05, 3.63) is 65.2 Å². The molecule has 0 heterocycles. The first kappa shape index (κ1) is 25.7. The molecular weight excluding hydrogens is 491 g/mol. The minimum atomic E-state index is -0.263. The number of methoxy groups -OCH3 is 1. The fourth-order valence-electron chi connectivity index (χ4n) is 2.76. The van der Waals surface area contributed by atoms with Gasteiger partial charge in [-0.1, -0.05) is 24.3 Å². The van der Waals surface area contributed by atoms with Gasteiger partial charge in [0.2, 0.25) is 0 Å². The van der Waals surface area contributed by atoms with Crippen LogP contribution >= 0.6 is 24.0 Å². The highest BCUT2D eigenvalue weighted by molar-refractivity contribution is 14.0. The van der Waals surface area contributed by atoms with Crippen LogP contribution < -0.4 is 20.7 Å². The third-order valence-corrected chi connectivity index (χ3v) is 4.23. The van der Waals surface area contributed by atoms with E-state index in [0.717, 1.165) is 30.2 Å². The number of carbonyl (C=O) groups is 1. The van der Waals surface area contributed by atoms with Gasteiger partial charge in [-0.2, -0.15) is 0 Å². The van der Waals surface area contributed by atoms with Crippen LogP contribution in [0.25, 0.3) is 0 Å². The van der Waals surface area contributed by atoms with Gasteiger partial charge in [-0.25, -0.2) is 0 Å². The summed E-state index contributed by atoms with van der Waals surface area (Å²) in [5, 5.41) is 9.59. The van der Waals surface area contributed by atoms with Crippen LogP contribution in [0.2, 0.25) is 0 Å². The average Bonchev–Trinajstić information content (AvgIpc) is 2.70. The fourth-order valence-corrected chi connectivity index (χ4v) is 2.76. The van der Waals surface area contributed by atoms with Gasteiger partial charge in [-0.3, -0.25) is 9.79 Å². The number of nitrogens with one attached hydrogen (secondary N) is 3. The lowest BCUT2D eigenvalue weighted by Crippen LogP contribution is -2.40. The molecule has 0 aliphatic carbocycles. The highest BCUT2D eigenvalue weighted by Gasteiger charge is 2.15. The van der Waals surface area contributed by atoms with Gasteiger partial charge in [0.15, 0.2) is 5.96 Å². The minimum absolute atomic E-state index is 0. The Kier molecular flexibility index (Phi) is 10.7. The third kappa shape index (κ3) is 9.02. The van der Waals surface area contributed by atoms with Gasteiger partial charge in [-0.05, 0) is 62.6 Å². The number of carbonyl (C=O) groups excluding carboxylic acids is 1. The summed E-state index contributed by atoms with van der Waals surface area (Å²) in [6, 6.07) is 15.7. The van der Waals surface area contributed by atoms with E-state index in [-0.39, 0.29) is 35.4 Å². The molecule has 1 amide bonds. The zero-order valence-electron chi connectivity index (χ0n) is 18.4. The molecule has 0 fully saturated rings. The Hall–Kier alpha value is -2.29. The van der Waals surface area contributed by atoms with E-state index in [2.05, 4.69) is 33.1 Å². The van der Waals surface area contributed by atoms with E-state index >= 15 is 0 Å². The number of hydrogen-bond acceptors (Lipinski definition) is 3. The minimum Gasteiger partial charge on any atom is -0.497 e. The largest absolute Gasteiger partial charge is 0.497 e. The summed E-state index contributed by atoms with van der Waals surface area (Å²) in [6.07, 6.45) is 0.882. The van der Waals surface area contributed by atoms with E-state index in [1.54, 1.807) is 14.2 Å². The van der Waals surface area contributed by atoms with Gasteiger partial charge < -0.3 is 20.7 Å². The first-order valence-corrected chi connectivity index (χ1v) is 9.79. The molecule has 164 valence electrons. The van der Waals surface area contributed by atoms with Crippen LogP contribution in [0.3, 0.4) is 0 Å². The maximum atomic E-state index is 12.3. The third-order valence-electron chi connectivity index (χ3n) is 4.23. The Bertz CT molecular complexity index is 830. The summed E-state index contributed by atoms with van der Waals surface area (Å²) >= 11 is 0. The zero-order valence-corrected chi connectivity index (χ0v) is 20.7. The highest BCUT2D eigenvalue weighted by Crippen LogP contribution is 2.11. The summed E-state index contributed by atoms with van der Waals surface area (Å²) in [7, 11) is 3.41. The van der Waals surface area contributed by atoms with E-state index in [1.807, 2.05) is 57.2 Å². The number of ether oxygens (including phenoxy) is 1. The zero-order chi connectivity index (χ0) is 21.3. The van der Waals surface area contributed by atoms with Crippen molar-refractivity contribution in [1.82, 2.24) is 16.0 Å². The van der Waals surface area contributed by atoms with Crippen molar-refractivity contribution >= 4 is 35.8 Å². The average molecular weight is 524 g/mol. The van der Waals surface area contributed by atoms with Crippen LogP contribution in [-0.2, 0) is 13.0 Å². The second-order valence-corrected chi connectivity index (χ2v) is 7.86. The van der Waals surface area contributed by atoms with Crippen molar-refractivity contribution in [3.63, 3.8) is 0 Å². The Morgan fingerprint density at radius 3 is 2.33 bits per heavy atom.